The summed E-state index contributed by atoms with van der Waals surface area (Å²) in [6.07, 6.45) is 0.378. The molecule has 0 aromatic rings. The van der Waals surface area contributed by atoms with Gasteiger partial charge in [0.05, 0.1) is 6.07 Å². The van der Waals surface area contributed by atoms with Crippen LogP contribution in [0.4, 0.5) is 0 Å². The SMILES string of the molecule is CCC(C#N)S(=O)(=O)NC1CCC(=O)N(C)C1=O. The van der Waals surface area contributed by atoms with Crippen LogP contribution in [0.2, 0.25) is 0 Å². The second-order valence-electron chi connectivity index (χ2n) is 4.07. The Balaban J connectivity index is 2.83. The van der Waals surface area contributed by atoms with Gasteiger partial charge in [0.15, 0.2) is 5.25 Å². The smallest absolute Gasteiger partial charge is 0.247 e. The molecule has 1 N–H and O–H groups in total. The van der Waals surface area contributed by atoms with Crippen LogP contribution in [-0.4, -0.2) is 43.5 Å². The van der Waals surface area contributed by atoms with Gasteiger partial charge in [0.2, 0.25) is 21.8 Å². The number of likely N-dealkylation sites (N-methyl/N-ethyl adjacent to an activating group) is 1. The first-order valence-electron chi connectivity index (χ1n) is 5.54. The van der Waals surface area contributed by atoms with E-state index in [0.29, 0.717) is 0 Å². The van der Waals surface area contributed by atoms with Gasteiger partial charge in [-0.2, -0.15) is 5.26 Å². The molecule has 1 heterocycles. The maximum absolute atomic E-state index is 11.8. The highest BCUT2D eigenvalue weighted by Gasteiger charge is 2.36. The number of sulfonamides is 1. The van der Waals surface area contributed by atoms with Crippen molar-refractivity contribution in [2.75, 3.05) is 7.05 Å². The van der Waals surface area contributed by atoms with E-state index in [-0.39, 0.29) is 25.2 Å². The topological polar surface area (TPSA) is 107 Å². The molecule has 7 nitrogen and oxygen atoms in total. The molecule has 0 aliphatic carbocycles. The Kier molecular flexibility index (Phi) is 4.43. The third kappa shape index (κ3) is 2.86. The maximum Gasteiger partial charge on any atom is 0.247 e. The summed E-state index contributed by atoms with van der Waals surface area (Å²) in [6, 6.07) is 0.716. The lowest BCUT2D eigenvalue weighted by molar-refractivity contribution is -0.147. The zero-order chi connectivity index (χ0) is 13.9. The van der Waals surface area contributed by atoms with E-state index in [2.05, 4.69) is 4.72 Å². The lowest BCUT2D eigenvalue weighted by atomic mass is 10.1. The molecule has 0 aromatic heterocycles. The Morgan fingerprint density at radius 3 is 2.67 bits per heavy atom. The van der Waals surface area contributed by atoms with Crippen LogP contribution in [0.3, 0.4) is 0 Å². The molecule has 1 rings (SSSR count). The molecule has 18 heavy (non-hydrogen) atoms. The van der Waals surface area contributed by atoms with E-state index in [9.17, 15) is 18.0 Å². The molecular weight excluding hydrogens is 258 g/mol. The first kappa shape index (κ1) is 14.6. The van der Waals surface area contributed by atoms with Crippen molar-refractivity contribution in [3.8, 4) is 6.07 Å². The minimum Gasteiger partial charge on any atom is -0.284 e. The number of nitrogens with zero attached hydrogens (tertiary/aromatic N) is 2. The lowest BCUT2D eigenvalue weighted by Gasteiger charge is -2.28. The van der Waals surface area contributed by atoms with E-state index in [1.54, 1.807) is 13.0 Å². The summed E-state index contributed by atoms with van der Waals surface area (Å²) in [5.41, 5.74) is 0. The monoisotopic (exact) mass is 273 g/mol. The number of carbonyl (C=O) groups excluding carboxylic acids is 2. The number of imide groups is 1. The highest BCUT2D eigenvalue weighted by atomic mass is 32.2. The Labute approximate surface area is 106 Å². The van der Waals surface area contributed by atoms with Gasteiger partial charge in [-0.1, -0.05) is 6.92 Å². The highest BCUT2D eigenvalue weighted by molar-refractivity contribution is 7.90. The molecule has 1 aliphatic heterocycles. The molecular formula is C10H15N3O4S. The van der Waals surface area contributed by atoms with E-state index in [1.807, 2.05) is 0 Å². The third-order valence-electron chi connectivity index (χ3n) is 2.85. The number of nitriles is 1. The van der Waals surface area contributed by atoms with Gasteiger partial charge >= 0.3 is 0 Å². The molecule has 0 spiro atoms. The predicted octanol–water partition coefficient (Wildman–Crippen LogP) is -0.645. The fourth-order valence-corrected chi connectivity index (χ4v) is 3.04. The zero-order valence-corrected chi connectivity index (χ0v) is 11.0. The van der Waals surface area contributed by atoms with Gasteiger partial charge in [0, 0.05) is 13.5 Å². The fourth-order valence-electron chi connectivity index (χ4n) is 1.69. The molecule has 0 saturated carbocycles. The first-order valence-corrected chi connectivity index (χ1v) is 7.09. The first-order chi connectivity index (χ1) is 8.33. The van der Waals surface area contributed by atoms with Gasteiger partial charge in [0.25, 0.3) is 0 Å². The molecule has 100 valence electrons. The van der Waals surface area contributed by atoms with Crippen LogP contribution in [0, 0.1) is 11.3 Å². The molecule has 0 radical (unpaired) electrons. The minimum absolute atomic E-state index is 0.110. The quantitative estimate of drug-likeness (QED) is 0.685. The largest absolute Gasteiger partial charge is 0.284 e. The van der Waals surface area contributed by atoms with Crippen LogP contribution in [0.25, 0.3) is 0 Å². The number of likely N-dealkylation sites (tertiary alicyclic amines) is 1. The molecule has 1 saturated heterocycles. The molecule has 1 fully saturated rings. The summed E-state index contributed by atoms with van der Waals surface area (Å²) in [5, 5.41) is 7.55. The van der Waals surface area contributed by atoms with Crippen LogP contribution in [-0.2, 0) is 19.6 Å². The Hall–Kier alpha value is -1.46. The summed E-state index contributed by atoms with van der Waals surface area (Å²) < 4.78 is 25.8. The normalized spacial score (nSPS) is 22.7. The van der Waals surface area contributed by atoms with Gasteiger partial charge < -0.3 is 0 Å². The average molecular weight is 273 g/mol. The van der Waals surface area contributed by atoms with Crippen LogP contribution in [0.5, 0.6) is 0 Å². The van der Waals surface area contributed by atoms with Crippen LogP contribution >= 0.6 is 0 Å². The summed E-state index contributed by atoms with van der Waals surface area (Å²) in [7, 11) is -2.55. The van der Waals surface area contributed by atoms with Crippen LogP contribution in [0.15, 0.2) is 0 Å². The summed E-state index contributed by atoms with van der Waals surface area (Å²) in [5.74, 6) is -0.912. The third-order valence-corrected chi connectivity index (χ3v) is 4.65. The highest BCUT2D eigenvalue weighted by Crippen LogP contribution is 2.14. The van der Waals surface area contributed by atoms with E-state index < -0.39 is 27.2 Å². The van der Waals surface area contributed by atoms with Crippen molar-refractivity contribution in [3.05, 3.63) is 0 Å². The van der Waals surface area contributed by atoms with E-state index in [1.165, 1.54) is 7.05 Å². The number of hydrogen-bond acceptors (Lipinski definition) is 5. The predicted molar refractivity (Wildman–Crippen MR) is 62.5 cm³/mol. The van der Waals surface area contributed by atoms with E-state index in [0.717, 1.165) is 4.90 Å². The van der Waals surface area contributed by atoms with Gasteiger partial charge in [-0.05, 0) is 12.8 Å². The number of rotatable bonds is 4. The molecule has 0 bridgehead atoms. The Morgan fingerprint density at radius 2 is 2.17 bits per heavy atom. The van der Waals surface area contributed by atoms with E-state index in [4.69, 9.17) is 5.26 Å². The second-order valence-corrected chi connectivity index (χ2v) is 5.97. The summed E-state index contributed by atoms with van der Waals surface area (Å²) in [4.78, 5) is 23.9. The van der Waals surface area contributed by atoms with Gasteiger partial charge in [-0.15, -0.1) is 0 Å². The molecule has 1 aliphatic rings. The average Bonchev–Trinajstić information content (AvgIpc) is 2.31. The summed E-state index contributed by atoms with van der Waals surface area (Å²) in [6.45, 7) is 1.57. The maximum atomic E-state index is 11.8. The van der Waals surface area contributed by atoms with Crippen molar-refractivity contribution in [1.29, 1.82) is 5.26 Å². The Bertz CT molecular complexity index is 494. The van der Waals surface area contributed by atoms with Crippen molar-refractivity contribution >= 4 is 21.8 Å². The standard InChI is InChI=1S/C10H15N3O4S/c1-3-7(6-11)18(16,17)12-8-4-5-9(14)13(2)10(8)15/h7-8,12H,3-5H2,1-2H3. The fraction of sp³-hybridized carbons (Fsp3) is 0.700. The van der Waals surface area contributed by atoms with Gasteiger partial charge in [-0.25, -0.2) is 13.1 Å². The van der Waals surface area contributed by atoms with Crippen molar-refractivity contribution in [2.45, 2.75) is 37.5 Å². The van der Waals surface area contributed by atoms with Gasteiger partial charge in [0.1, 0.15) is 6.04 Å². The van der Waals surface area contributed by atoms with Crippen molar-refractivity contribution in [3.63, 3.8) is 0 Å². The van der Waals surface area contributed by atoms with Gasteiger partial charge in [-0.3, -0.25) is 14.5 Å². The van der Waals surface area contributed by atoms with E-state index >= 15 is 0 Å². The summed E-state index contributed by atoms with van der Waals surface area (Å²) >= 11 is 0. The molecule has 2 unspecified atom stereocenters. The molecule has 8 heteroatoms. The van der Waals surface area contributed by atoms with Crippen molar-refractivity contribution in [1.82, 2.24) is 9.62 Å². The van der Waals surface area contributed by atoms with Crippen molar-refractivity contribution < 1.29 is 18.0 Å². The lowest BCUT2D eigenvalue weighted by Crippen LogP contribution is -2.54. The minimum atomic E-state index is -3.87. The molecule has 2 amide bonds. The van der Waals surface area contributed by atoms with Crippen LogP contribution < -0.4 is 4.72 Å². The van der Waals surface area contributed by atoms with Crippen LogP contribution in [0.1, 0.15) is 26.2 Å². The number of carbonyl (C=O) groups is 2. The zero-order valence-electron chi connectivity index (χ0n) is 10.2. The Morgan fingerprint density at radius 1 is 1.56 bits per heavy atom. The molecule has 2 atom stereocenters. The number of nitrogens with one attached hydrogen (secondary N) is 1. The number of amides is 2. The number of piperidine rings is 1. The van der Waals surface area contributed by atoms with Crippen molar-refractivity contribution in [2.24, 2.45) is 0 Å². The molecule has 0 aromatic carbocycles. The second kappa shape index (κ2) is 5.46. The number of hydrogen-bond donors (Lipinski definition) is 1.